The Morgan fingerprint density at radius 3 is 2.53 bits per heavy atom. The van der Waals surface area contributed by atoms with Crippen LogP contribution in [-0.2, 0) is 32.0 Å². The molecule has 10 atom stereocenters. The van der Waals surface area contributed by atoms with Gasteiger partial charge in [-0.2, -0.15) is 12.6 Å². The second-order valence-electron chi connectivity index (χ2n) is 8.01. The van der Waals surface area contributed by atoms with Gasteiger partial charge in [-0.3, -0.25) is 28.0 Å². The summed E-state index contributed by atoms with van der Waals surface area (Å²) in [5.74, 6) is 0. The number of phosphoric ester groups is 2. The lowest BCUT2D eigenvalue weighted by atomic mass is 10.0. The maximum atomic E-state index is 12.2. The predicted octanol–water partition coefficient (Wildman–Crippen LogP) is -3.15. The van der Waals surface area contributed by atoms with Crippen LogP contribution in [0, 0.1) is 6.92 Å². The van der Waals surface area contributed by atoms with Crippen LogP contribution in [0.15, 0.2) is 15.8 Å². The second kappa shape index (κ2) is 11.4. The van der Waals surface area contributed by atoms with E-state index < -0.39 is 88.4 Å². The molecule has 0 spiro atoms. The molecule has 0 saturated carbocycles. The number of phosphoric acid groups is 2. The molecule has 206 valence electrons. The molecule has 1 aromatic rings. The molecule has 0 aromatic carbocycles. The van der Waals surface area contributed by atoms with Gasteiger partial charge in [-0.05, 0) is 6.92 Å². The van der Waals surface area contributed by atoms with Gasteiger partial charge < -0.3 is 39.7 Å². The standard InChI is InChI=1S/C16H26N2O15P2S/c1-6-3-18(16(24)17-14(6)23)10-2-7(20)9(30-10)5-29-34(25,26)33-35(27,28)32-15-12(22)11(21)13(36)8(4-19)31-15/h3,7-13,15,19-22,36H,2,4-5H2,1H3,(H,25,26)(H,27,28)(H,17,23,24)/p-1/t7-,8?,9-,10-,11-,12?,13+,15+/m1/s1. The summed E-state index contributed by atoms with van der Waals surface area (Å²) >= 11 is 3.93. The molecular weight excluding hydrogens is 554 g/mol. The van der Waals surface area contributed by atoms with E-state index in [0.29, 0.717) is 0 Å². The van der Waals surface area contributed by atoms with Gasteiger partial charge in [0.15, 0.2) is 6.29 Å². The van der Waals surface area contributed by atoms with E-state index in [4.69, 9.17) is 9.47 Å². The number of aryl methyl sites for hydroxylation is 1. The molecule has 0 bridgehead atoms. The summed E-state index contributed by atoms with van der Waals surface area (Å²) in [6.07, 6.45) is -9.68. The molecule has 0 aliphatic carbocycles. The summed E-state index contributed by atoms with van der Waals surface area (Å²) in [6, 6.07) is 0. The highest BCUT2D eigenvalue weighted by atomic mass is 32.1. The maximum absolute atomic E-state index is 12.2. The van der Waals surface area contributed by atoms with E-state index in [1.165, 1.54) is 13.1 Å². The van der Waals surface area contributed by atoms with Gasteiger partial charge in [0.1, 0.15) is 18.4 Å². The topological polar surface area (TPSA) is 259 Å². The smallest absolute Gasteiger partial charge is 0.478 e. The minimum absolute atomic E-state index is 0.170. The third-order valence-electron chi connectivity index (χ3n) is 5.35. The van der Waals surface area contributed by atoms with Gasteiger partial charge in [0.05, 0.1) is 36.8 Å². The molecule has 0 radical (unpaired) electrons. The Morgan fingerprint density at radius 1 is 1.22 bits per heavy atom. The van der Waals surface area contributed by atoms with E-state index in [1.807, 2.05) is 0 Å². The quantitative estimate of drug-likeness (QED) is 0.113. The highest BCUT2D eigenvalue weighted by Gasteiger charge is 2.46. The number of hydrogen-bond donors (Lipinski definition) is 7. The fourth-order valence-electron chi connectivity index (χ4n) is 3.45. The summed E-state index contributed by atoms with van der Waals surface area (Å²) < 4.78 is 48.7. The third kappa shape index (κ3) is 6.92. The number of nitrogens with zero attached hydrogens (tertiary/aromatic N) is 1. The summed E-state index contributed by atoms with van der Waals surface area (Å²) in [4.78, 5) is 47.5. The zero-order valence-electron chi connectivity index (χ0n) is 18.4. The molecule has 2 aliphatic heterocycles. The minimum Gasteiger partial charge on any atom is -0.756 e. The van der Waals surface area contributed by atoms with Crippen LogP contribution >= 0.6 is 28.3 Å². The Labute approximate surface area is 207 Å². The molecule has 6 N–H and O–H groups in total. The first-order valence-electron chi connectivity index (χ1n) is 10.3. The Balaban J connectivity index is 1.59. The normalized spacial score (nSPS) is 36.3. The number of aliphatic hydroxyl groups excluding tert-OH is 4. The van der Waals surface area contributed by atoms with E-state index >= 15 is 0 Å². The van der Waals surface area contributed by atoms with Crippen LogP contribution in [-0.4, -0.2) is 90.1 Å². The van der Waals surface area contributed by atoms with Crippen molar-refractivity contribution in [1.82, 2.24) is 9.55 Å². The van der Waals surface area contributed by atoms with Crippen LogP contribution in [0.5, 0.6) is 0 Å². The minimum atomic E-state index is -5.73. The Hall–Kier alpha value is -0.950. The maximum Gasteiger partial charge on any atom is 0.478 e. The Kier molecular flexibility index (Phi) is 9.40. The lowest BCUT2D eigenvalue weighted by Gasteiger charge is -2.41. The van der Waals surface area contributed by atoms with Crippen LogP contribution in [0.25, 0.3) is 0 Å². The zero-order valence-corrected chi connectivity index (χ0v) is 21.1. The Bertz CT molecular complexity index is 1140. The van der Waals surface area contributed by atoms with Gasteiger partial charge in [-0.1, -0.05) is 0 Å². The zero-order chi connectivity index (χ0) is 27.0. The van der Waals surface area contributed by atoms with Crippen LogP contribution < -0.4 is 16.1 Å². The molecule has 0 amide bonds. The first-order chi connectivity index (χ1) is 16.6. The number of aliphatic hydroxyl groups is 4. The first kappa shape index (κ1) is 29.6. The van der Waals surface area contributed by atoms with Crippen LogP contribution in [0.3, 0.4) is 0 Å². The summed E-state index contributed by atoms with van der Waals surface area (Å²) in [7, 11) is -11.1. The van der Waals surface area contributed by atoms with Crippen molar-refractivity contribution in [2.24, 2.45) is 0 Å². The second-order valence-corrected chi connectivity index (χ2v) is 11.6. The summed E-state index contributed by atoms with van der Waals surface area (Å²) in [6.45, 7) is -0.154. The molecule has 2 aliphatic rings. The van der Waals surface area contributed by atoms with Crippen molar-refractivity contribution in [1.29, 1.82) is 0 Å². The van der Waals surface area contributed by atoms with Crippen molar-refractivity contribution in [3.05, 3.63) is 32.6 Å². The number of rotatable bonds is 9. The average molecular weight is 579 g/mol. The third-order valence-corrected chi connectivity index (χ3v) is 8.55. The molecule has 3 rings (SSSR count). The molecule has 36 heavy (non-hydrogen) atoms. The Morgan fingerprint density at radius 2 is 1.89 bits per heavy atom. The van der Waals surface area contributed by atoms with E-state index in [-0.39, 0.29) is 12.0 Å². The predicted molar refractivity (Wildman–Crippen MR) is 117 cm³/mol. The molecule has 3 heterocycles. The fraction of sp³-hybridized carbons (Fsp3) is 0.750. The number of ether oxygens (including phenoxy) is 2. The summed E-state index contributed by atoms with van der Waals surface area (Å²) in [5, 5.41) is 38.1. The van der Waals surface area contributed by atoms with E-state index in [0.717, 1.165) is 4.57 Å². The number of aromatic amines is 1. The van der Waals surface area contributed by atoms with Gasteiger partial charge in [0.25, 0.3) is 13.4 Å². The van der Waals surface area contributed by atoms with Crippen LogP contribution in [0.2, 0.25) is 0 Å². The molecule has 20 heteroatoms. The van der Waals surface area contributed by atoms with Gasteiger partial charge >= 0.3 is 13.5 Å². The highest BCUT2D eigenvalue weighted by molar-refractivity contribution is 7.81. The van der Waals surface area contributed by atoms with Crippen molar-refractivity contribution in [2.75, 3.05) is 13.2 Å². The highest BCUT2D eigenvalue weighted by Crippen LogP contribution is 2.59. The lowest BCUT2D eigenvalue weighted by Crippen LogP contribution is -2.57. The van der Waals surface area contributed by atoms with Crippen molar-refractivity contribution >= 4 is 28.3 Å². The molecule has 2 fully saturated rings. The molecule has 2 saturated heterocycles. The van der Waals surface area contributed by atoms with E-state index in [1.54, 1.807) is 0 Å². The molecular formula is C16H25N2O15P2S-. The van der Waals surface area contributed by atoms with Crippen LogP contribution in [0.4, 0.5) is 0 Å². The van der Waals surface area contributed by atoms with Gasteiger partial charge in [-0.25, -0.2) is 13.7 Å². The van der Waals surface area contributed by atoms with Crippen LogP contribution in [0.1, 0.15) is 18.2 Å². The lowest BCUT2D eigenvalue weighted by molar-refractivity contribution is -0.279. The number of thiol groups is 1. The summed E-state index contributed by atoms with van der Waals surface area (Å²) in [5.41, 5.74) is -1.26. The number of H-pyrrole nitrogens is 1. The number of hydrogen-bond acceptors (Lipinski definition) is 15. The first-order valence-corrected chi connectivity index (χ1v) is 13.8. The molecule has 1 aromatic heterocycles. The van der Waals surface area contributed by atoms with Gasteiger partial charge in [0, 0.05) is 18.2 Å². The fourth-order valence-corrected chi connectivity index (χ4v) is 5.91. The largest absolute Gasteiger partial charge is 0.756 e. The molecule has 4 unspecified atom stereocenters. The SMILES string of the molecule is Cc1cn([C@H]2C[C@@H](O)[C@@H](COP(=O)(O)OP(=O)([O-])O[C@@H]3OC(CO)[C@H](S)[C@H](O)C3O)O2)c(=O)[nH]c1=O. The average Bonchev–Trinajstić information content (AvgIpc) is 3.14. The van der Waals surface area contributed by atoms with E-state index in [2.05, 4.69) is 31.0 Å². The monoisotopic (exact) mass is 579 g/mol. The van der Waals surface area contributed by atoms with E-state index in [9.17, 15) is 48.9 Å². The van der Waals surface area contributed by atoms with Gasteiger partial charge in [0.2, 0.25) is 0 Å². The van der Waals surface area contributed by atoms with Crippen molar-refractivity contribution < 1.29 is 62.2 Å². The van der Waals surface area contributed by atoms with Crippen molar-refractivity contribution in [3.63, 3.8) is 0 Å². The number of aromatic nitrogens is 2. The van der Waals surface area contributed by atoms with Crippen molar-refractivity contribution in [3.8, 4) is 0 Å². The molecule has 17 nitrogen and oxygen atoms in total. The van der Waals surface area contributed by atoms with Gasteiger partial charge in [-0.15, -0.1) is 0 Å². The van der Waals surface area contributed by atoms with Crippen molar-refractivity contribution in [2.45, 2.75) is 61.6 Å². The number of nitrogens with one attached hydrogen (secondary N) is 1.